The summed E-state index contributed by atoms with van der Waals surface area (Å²) >= 11 is 0. The van der Waals surface area contributed by atoms with Crippen LogP contribution in [0.3, 0.4) is 0 Å². The molecule has 1 aromatic heterocycles. The van der Waals surface area contributed by atoms with Crippen molar-refractivity contribution >= 4 is 0 Å². The molecule has 0 atom stereocenters. The van der Waals surface area contributed by atoms with Gasteiger partial charge in [-0.05, 0) is 12.8 Å². The fraction of sp³-hybridized carbons (Fsp3) is 0.769. The first kappa shape index (κ1) is 12.3. The van der Waals surface area contributed by atoms with Gasteiger partial charge in [-0.2, -0.15) is 0 Å². The average Bonchev–Trinajstić information content (AvgIpc) is 2.51. The van der Waals surface area contributed by atoms with Crippen LogP contribution in [0.25, 0.3) is 0 Å². The highest BCUT2D eigenvalue weighted by atomic mass is 15.1. The molecule has 0 aliphatic heterocycles. The van der Waals surface area contributed by atoms with Gasteiger partial charge in [0, 0.05) is 13.8 Å². The van der Waals surface area contributed by atoms with E-state index in [1.54, 1.807) is 0 Å². The lowest BCUT2D eigenvalue weighted by molar-refractivity contribution is -0.702. The first-order chi connectivity index (χ1) is 7.24. The van der Waals surface area contributed by atoms with Gasteiger partial charge in [0.25, 0.3) is 5.82 Å². The molecule has 0 saturated carbocycles. The van der Waals surface area contributed by atoms with Crippen LogP contribution in [0.5, 0.6) is 0 Å². The smallest absolute Gasteiger partial charge is 0.245 e. The van der Waals surface area contributed by atoms with Gasteiger partial charge in [0.05, 0.1) is 6.54 Å². The summed E-state index contributed by atoms with van der Waals surface area (Å²) in [6.45, 7) is 7.69. The zero-order valence-corrected chi connectivity index (χ0v) is 10.5. The van der Waals surface area contributed by atoms with Crippen LogP contribution in [0.2, 0.25) is 0 Å². The summed E-state index contributed by atoms with van der Waals surface area (Å²) in [5.74, 6) is 1.28. The van der Waals surface area contributed by atoms with E-state index in [0.29, 0.717) is 0 Å². The minimum Gasteiger partial charge on any atom is -0.245 e. The second-order valence-electron chi connectivity index (χ2n) is 4.48. The van der Waals surface area contributed by atoms with Gasteiger partial charge < -0.3 is 0 Å². The Morgan fingerprint density at radius 3 is 2.33 bits per heavy atom. The number of aromatic amines is 1. The second kappa shape index (κ2) is 6.65. The molecule has 1 heterocycles. The van der Waals surface area contributed by atoms with Gasteiger partial charge in [0.15, 0.2) is 0 Å². The van der Waals surface area contributed by atoms with Crippen LogP contribution >= 0.6 is 0 Å². The summed E-state index contributed by atoms with van der Waals surface area (Å²) in [5, 5.41) is 0. The maximum absolute atomic E-state index is 3.33. The predicted octanol–water partition coefficient (Wildman–Crippen LogP) is 3.28. The molecule has 15 heavy (non-hydrogen) atoms. The lowest BCUT2D eigenvalue weighted by atomic mass is 10.1. The number of aromatic nitrogens is 2. The van der Waals surface area contributed by atoms with Crippen molar-refractivity contribution in [3.05, 3.63) is 17.7 Å². The number of nitrogens with zero attached hydrogens (tertiary/aromatic N) is 1. The van der Waals surface area contributed by atoms with Gasteiger partial charge in [0.2, 0.25) is 0 Å². The summed E-state index contributed by atoms with van der Waals surface area (Å²) in [4.78, 5) is 3.33. The Morgan fingerprint density at radius 2 is 1.73 bits per heavy atom. The molecule has 0 spiro atoms. The first-order valence-corrected chi connectivity index (χ1v) is 6.29. The Kier molecular flexibility index (Phi) is 5.44. The molecular formula is C13H25N2+. The molecule has 0 aromatic carbocycles. The van der Waals surface area contributed by atoms with E-state index in [1.165, 1.54) is 56.6 Å². The van der Waals surface area contributed by atoms with Crippen LogP contribution in [0.15, 0.2) is 6.20 Å². The number of aryl methyl sites for hydroxylation is 3. The molecular weight excluding hydrogens is 184 g/mol. The van der Waals surface area contributed by atoms with Gasteiger partial charge in [-0.15, -0.1) is 0 Å². The van der Waals surface area contributed by atoms with Crippen molar-refractivity contribution in [2.45, 2.75) is 65.8 Å². The lowest BCUT2D eigenvalue weighted by Crippen LogP contribution is -2.34. The molecule has 2 nitrogen and oxygen atoms in total. The van der Waals surface area contributed by atoms with Gasteiger partial charge in [-0.1, -0.05) is 32.6 Å². The van der Waals surface area contributed by atoms with Crippen molar-refractivity contribution in [3.8, 4) is 0 Å². The van der Waals surface area contributed by atoms with Crippen molar-refractivity contribution in [1.29, 1.82) is 0 Å². The Morgan fingerprint density at radius 1 is 1.07 bits per heavy atom. The van der Waals surface area contributed by atoms with E-state index < -0.39 is 0 Å². The molecule has 0 bridgehead atoms. The zero-order chi connectivity index (χ0) is 11.1. The number of H-pyrrole nitrogens is 1. The summed E-state index contributed by atoms with van der Waals surface area (Å²) in [6.07, 6.45) is 10.4. The van der Waals surface area contributed by atoms with Crippen LogP contribution in [-0.2, 0) is 6.54 Å². The van der Waals surface area contributed by atoms with Gasteiger partial charge in [-0.25, -0.2) is 9.55 Å². The molecule has 1 aromatic rings. The number of nitrogens with one attached hydrogen (secondary N) is 1. The Hall–Kier alpha value is -0.790. The molecule has 0 aliphatic carbocycles. The molecule has 0 amide bonds. The Labute approximate surface area is 93.7 Å². The number of rotatable bonds is 7. The monoisotopic (exact) mass is 209 g/mol. The highest BCUT2D eigenvalue weighted by Gasteiger charge is 2.06. The Bertz CT molecular complexity index is 276. The van der Waals surface area contributed by atoms with Crippen LogP contribution in [0, 0.1) is 13.8 Å². The first-order valence-electron chi connectivity index (χ1n) is 6.29. The van der Waals surface area contributed by atoms with Crippen molar-refractivity contribution in [1.82, 2.24) is 4.98 Å². The standard InChI is InChI=1S/C13H24N2/c1-4-5-6-7-8-9-10-15-11-12(2)14-13(15)3/h11H,4-10H2,1-3H3/p+1. The van der Waals surface area contributed by atoms with E-state index in [9.17, 15) is 0 Å². The predicted molar refractivity (Wildman–Crippen MR) is 63.8 cm³/mol. The van der Waals surface area contributed by atoms with E-state index >= 15 is 0 Å². The summed E-state index contributed by atoms with van der Waals surface area (Å²) < 4.78 is 2.33. The number of unbranched alkanes of at least 4 members (excludes halogenated alkanes) is 5. The quantitative estimate of drug-likeness (QED) is 0.525. The summed E-state index contributed by atoms with van der Waals surface area (Å²) in [5.41, 5.74) is 1.26. The molecule has 1 rings (SSSR count). The van der Waals surface area contributed by atoms with Crippen LogP contribution < -0.4 is 4.57 Å². The van der Waals surface area contributed by atoms with E-state index in [1.807, 2.05) is 0 Å². The summed E-state index contributed by atoms with van der Waals surface area (Å²) in [7, 11) is 0. The number of hydrogen-bond donors (Lipinski definition) is 1. The maximum atomic E-state index is 3.33. The van der Waals surface area contributed by atoms with E-state index in [-0.39, 0.29) is 0 Å². The Balaban J connectivity index is 2.12. The number of hydrogen-bond acceptors (Lipinski definition) is 0. The SMILES string of the molecule is CCCCCCCC[n+]1cc(C)[nH]c1C. The number of imidazole rings is 1. The van der Waals surface area contributed by atoms with Crippen molar-refractivity contribution < 1.29 is 4.57 Å². The maximum Gasteiger partial charge on any atom is 0.251 e. The van der Waals surface area contributed by atoms with Crippen LogP contribution in [0.4, 0.5) is 0 Å². The van der Waals surface area contributed by atoms with Crippen molar-refractivity contribution in [2.75, 3.05) is 0 Å². The minimum absolute atomic E-state index is 1.17. The van der Waals surface area contributed by atoms with E-state index in [4.69, 9.17) is 0 Å². The molecule has 0 aliphatic rings. The van der Waals surface area contributed by atoms with Gasteiger partial charge >= 0.3 is 0 Å². The third-order valence-corrected chi connectivity index (χ3v) is 2.91. The van der Waals surface area contributed by atoms with Gasteiger partial charge in [0.1, 0.15) is 11.9 Å². The second-order valence-corrected chi connectivity index (χ2v) is 4.48. The molecule has 0 saturated heterocycles. The van der Waals surface area contributed by atoms with Crippen molar-refractivity contribution in [3.63, 3.8) is 0 Å². The fourth-order valence-electron chi connectivity index (χ4n) is 2.01. The third-order valence-electron chi connectivity index (χ3n) is 2.91. The van der Waals surface area contributed by atoms with Crippen molar-refractivity contribution in [2.24, 2.45) is 0 Å². The molecule has 0 radical (unpaired) electrons. The molecule has 0 fully saturated rings. The zero-order valence-electron chi connectivity index (χ0n) is 10.5. The summed E-state index contributed by atoms with van der Waals surface area (Å²) in [6, 6.07) is 0. The normalized spacial score (nSPS) is 10.9. The van der Waals surface area contributed by atoms with Crippen LogP contribution in [0.1, 0.15) is 57.0 Å². The largest absolute Gasteiger partial charge is 0.251 e. The minimum atomic E-state index is 1.17. The molecule has 2 heteroatoms. The van der Waals surface area contributed by atoms with Crippen LogP contribution in [-0.4, -0.2) is 4.98 Å². The highest BCUT2D eigenvalue weighted by molar-refractivity contribution is 4.88. The topological polar surface area (TPSA) is 19.7 Å². The van der Waals surface area contributed by atoms with Gasteiger partial charge in [-0.3, -0.25) is 0 Å². The third kappa shape index (κ3) is 4.50. The highest BCUT2D eigenvalue weighted by Crippen LogP contribution is 2.05. The molecule has 86 valence electrons. The molecule has 1 N–H and O–H groups in total. The molecule has 0 unspecified atom stereocenters. The average molecular weight is 209 g/mol. The lowest BCUT2D eigenvalue weighted by Gasteiger charge is -1.99. The van der Waals surface area contributed by atoms with E-state index in [2.05, 4.69) is 36.5 Å². The van der Waals surface area contributed by atoms with E-state index in [0.717, 1.165) is 0 Å². The fourth-order valence-corrected chi connectivity index (χ4v) is 2.01.